The number of hydrogen-bond donors (Lipinski definition) is 1. The van der Waals surface area contributed by atoms with E-state index in [1.54, 1.807) is 18.2 Å². The fourth-order valence-electron chi connectivity index (χ4n) is 3.74. The lowest BCUT2D eigenvalue weighted by molar-refractivity contribution is -0.122. The average molecular weight is 565 g/mol. The van der Waals surface area contributed by atoms with Gasteiger partial charge in [-0.2, -0.15) is 0 Å². The predicted molar refractivity (Wildman–Crippen MR) is 146 cm³/mol. The summed E-state index contributed by atoms with van der Waals surface area (Å²) in [6, 6.07) is 17.4. The van der Waals surface area contributed by atoms with Crippen molar-refractivity contribution in [3.63, 3.8) is 0 Å². The lowest BCUT2D eigenvalue weighted by Gasteiger charge is -2.29. The van der Waals surface area contributed by atoms with E-state index >= 15 is 0 Å². The van der Waals surface area contributed by atoms with Gasteiger partial charge in [-0.3, -0.25) is 14.9 Å². The molecule has 182 valence electrons. The first-order valence-electron chi connectivity index (χ1n) is 11.1. The Hall–Kier alpha value is -3.62. The van der Waals surface area contributed by atoms with Crippen molar-refractivity contribution in [3.8, 4) is 5.75 Å². The molecule has 0 spiro atoms. The van der Waals surface area contributed by atoms with Crippen LogP contribution in [0.1, 0.15) is 22.3 Å². The van der Waals surface area contributed by atoms with Crippen LogP contribution in [0.25, 0.3) is 6.08 Å². The molecule has 1 saturated heterocycles. The number of benzene rings is 3. The molecule has 0 bridgehead atoms. The van der Waals surface area contributed by atoms with Gasteiger partial charge in [0.1, 0.15) is 23.7 Å². The first-order chi connectivity index (χ1) is 17.3. The van der Waals surface area contributed by atoms with E-state index in [0.717, 1.165) is 16.0 Å². The number of aryl methyl sites for hydroxylation is 1. The number of para-hydroxylation sites is 1. The van der Waals surface area contributed by atoms with E-state index in [0.29, 0.717) is 28.8 Å². The summed E-state index contributed by atoms with van der Waals surface area (Å²) >= 11 is 8.72. The van der Waals surface area contributed by atoms with E-state index < -0.39 is 17.6 Å². The average Bonchev–Trinajstić information content (AvgIpc) is 2.83. The summed E-state index contributed by atoms with van der Waals surface area (Å²) < 4.78 is 21.2. The number of thiocarbonyl (C=S) groups is 1. The highest BCUT2D eigenvalue weighted by Crippen LogP contribution is 2.34. The number of allylic oxidation sites excluding steroid dienone is 1. The Kier molecular flexibility index (Phi) is 7.76. The van der Waals surface area contributed by atoms with Gasteiger partial charge in [-0.05, 0) is 88.5 Å². The van der Waals surface area contributed by atoms with Crippen LogP contribution in [0.4, 0.5) is 10.1 Å². The summed E-state index contributed by atoms with van der Waals surface area (Å²) in [5.41, 5.74) is 3.39. The standard InChI is InChI=1S/C28H22BrFN2O3S/c1-3-6-20-13-19(15-22(29)25(20)35-16-18-11-9-17(2)10-12-18)14-21-26(33)31-28(36)32(27(21)34)24-8-5-4-7-23(24)30/h3-5,7-15H,1,6,16H2,2H3,(H,31,33,36)/b21-14+. The van der Waals surface area contributed by atoms with Gasteiger partial charge in [-0.15, -0.1) is 6.58 Å². The maximum atomic E-state index is 14.4. The van der Waals surface area contributed by atoms with Gasteiger partial charge in [0.2, 0.25) is 0 Å². The molecule has 8 heteroatoms. The van der Waals surface area contributed by atoms with Crippen molar-refractivity contribution >= 4 is 56.8 Å². The fourth-order valence-corrected chi connectivity index (χ4v) is 4.65. The molecule has 36 heavy (non-hydrogen) atoms. The van der Waals surface area contributed by atoms with Crippen LogP contribution in [0.3, 0.4) is 0 Å². The van der Waals surface area contributed by atoms with Crippen molar-refractivity contribution in [2.45, 2.75) is 20.0 Å². The zero-order valence-electron chi connectivity index (χ0n) is 19.4. The predicted octanol–water partition coefficient (Wildman–Crippen LogP) is 6.04. The van der Waals surface area contributed by atoms with Gasteiger partial charge in [0, 0.05) is 0 Å². The number of anilines is 1. The van der Waals surface area contributed by atoms with Gasteiger partial charge in [0.25, 0.3) is 11.8 Å². The van der Waals surface area contributed by atoms with E-state index in [4.69, 9.17) is 17.0 Å². The molecule has 1 fully saturated rings. The number of hydrogen-bond acceptors (Lipinski definition) is 4. The topological polar surface area (TPSA) is 58.6 Å². The maximum absolute atomic E-state index is 14.4. The third-order valence-corrected chi connectivity index (χ3v) is 6.39. The van der Waals surface area contributed by atoms with Gasteiger partial charge in [0.05, 0.1) is 10.2 Å². The SMILES string of the molecule is C=CCc1cc(/C=C2\C(=O)NC(=S)N(c3ccccc3F)C2=O)cc(Br)c1OCc1ccc(C)cc1. The minimum atomic E-state index is -0.713. The van der Waals surface area contributed by atoms with Crippen LogP contribution in [0.2, 0.25) is 0 Å². The van der Waals surface area contributed by atoms with E-state index in [-0.39, 0.29) is 16.4 Å². The first kappa shape index (κ1) is 25.5. The second kappa shape index (κ2) is 11.0. The van der Waals surface area contributed by atoms with Crippen LogP contribution in [-0.2, 0) is 22.6 Å². The van der Waals surface area contributed by atoms with Crippen LogP contribution in [0.5, 0.6) is 5.75 Å². The lowest BCUT2D eigenvalue weighted by atomic mass is 10.0. The zero-order valence-corrected chi connectivity index (χ0v) is 21.8. The Morgan fingerprint density at radius 1 is 1.14 bits per heavy atom. The first-order valence-corrected chi connectivity index (χ1v) is 12.3. The summed E-state index contributed by atoms with van der Waals surface area (Å²) in [5, 5.41) is 2.29. The second-order valence-electron chi connectivity index (χ2n) is 8.17. The minimum absolute atomic E-state index is 0.0354. The molecule has 0 aliphatic carbocycles. The fraction of sp³-hybridized carbons (Fsp3) is 0.107. The van der Waals surface area contributed by atoms with Crippen LogP contribution >= 0.6 is 28.1 Å². The number of ether oxygens (including phenoxy) is 1. The van der Waals surface area contributed by atoms with E-state index in [9.17, 15) is 14.0 Å². The summed E-state index contributed by atoms with van der Waals surface area (Å²) in [4.78, 5) is 26.9. The third-order valence-electron chi connectivity index (χ3n) is 5.52. The van der Waals surface area contributed by atoms with Crippen molar-refractivity contribution in [3.05, 3.63) is 111 Å². The van der Waals surface area contributed by atoms with Crippen LogP contribution in [0.15, 0.2) is 83.4 Å². The second-order valence-corrected chi connectivity index (χ2v) is 9.41. The van der Waals surface area contributed by atoms with Crippen molar-refractivity contribution in [1.29, 1.82) is 0 Å². The van der Waals surface area contributed by atoms with E-state index in [1.807, 2.05) is 37.3 Å². The van der Waals surface area contributed by atoms with Gasteiger partial charge < -0.3 is 4.74 Å². The number of halogens is 2. The maximum Gasteiger partial charge on any atom is 0.270 e. The number of nitrogens with zero attached hydrogens (tertiary/aromatic N) is 1. The Morgan fingerprint density at radius 2 is 1.86 bits per heavy atom. The molecular weight excluding hydrogens is 543 g/mol. The molecule has 1 aliphatic rings. The van der Waals surface area contributed by atoms with Crippen molar-refractivity contribution in [2.24, 2.45) is 0 Å². The number of nitrogens with one attached hydrogen (secondary N) is 1. The number of amides is 2. The minimum Gasteiger partial charge on any atom is -0.487 e. The lowest BCUT2D eigenvalue weighted by Crippen LogP contribution is -2.54. The quantitative estimate of drug-likeness (QED) is 0.164. The van der Waals surface area contributed by atoms with Crippen molar-refractivity contribution < 1.29 is 18.7 Å². The Morgan fingerprint density at radius 3 is 2.56 bits per heavy atom. The largest absolute Gasteiger partial charge is 0.487 e. The molecule has 3 aromatic rings. The van der Waals surface area contributed by atoms with Crippen LogP contribution < -0.4 is 15.0 Å². The molecule has 4 rings (SSSR count). The zero-order chi connectivity index (χ0) is 25.8. The molecule has 0 unspecified atom stereocenters. The molecule has 1 N–H and O–H groups in total. The summed E-state index contributed by atoms with van der Waals surface area (Å²) in [7, 11) is 0. The van der Waals surface area contributed by atoms with E-state index in [1.165, 1.54) is 29.8 Å². The molecule has 5 nitrogen and oxygen atoms in total. The van der Waals surface area contributed by atoms with Crippen LogP contribution in [0, 0.1) is 12.7 Å². The molecule has 3 aromatic carbocycles. The normalized spacial score (nSPS) is 14.7. The van der Waals surface area contributed by atoms with E-state index in [2.05, 4.69) is 27.8 Å². The molecule has 2 amide bonds. The number of carbonyl (C=O) groups is 2. The molecule has 0 atom stereocenters. The number of rotatable bonds is 7. The molecule has 0 radical (unpaired) electrons. The smallest absolute Gasteiger partial charge is 0.270 e. The summed E-state index contributed by atoms with van der Waals surface area (Å²) in [6.07, 6.45) is 3.70. The summed E-state index contributed by atoms with van der Waals surface area (Å²) in [6.45, 7) is 6.22. The van der Waals surface area contributed by atoms with Gasteiger partial charge >= 0.3 is 0 Å². The molecule has 1 aliphatic heterocycles. The molecule has 1 heterocycles. The molecular formula is C28H22BrFN2O3S. The Labute approximate surface area is 222 Å². The van der Waals surface area contributed by atoms with Crippen molar-refractivity contribution in [2.75, 3.05) is 4.90 Å². The molecule has 0 aromatic heterocycles. The van der Waals surface area contributed by atoms with Crippen LogP contribution in [-0.4, -0.2) is 16.9 Å². The van der Waals surface area contributed by atoms with Gasteiger partial charge in [-0.25, -0.2) is 9.29 Å². The molecule has 0 saturated carbocycles. The highest BCUT2D eigenvalue weighted by molar-refractivity contribution is 9.10. The number of carbonyl (C=O) groups excluding carboxylic acids is 2. The Balaban J connectivity index is 1.67. The Bertz CT molecular complexity index is 1400. The highest BCUT2D eigenvalue weighted by Gasteiger charge is 2.35. The monoisotopic (exact) mass is 564 g/mol. The van der Waals surface area contributed by atoms with Crippen molar-refractivity contribution in [1.82, 2.24) is 5.32 Å². The summed E-state index contributed by atoms with van der Waals surface area (Å²) in [5.74, 6) is -1.35. The third kappa shape index (κ3) is 5.45. The van der Waals surface area contributed by atoms with Gasteiger partial charge in [-0.1, -0.05) is 48.0 Å². The highest BCUT2D eigenvalue weighted by atomic mass is 79.9. The van der Waals surface area contributed by atoms with Gasteiger partial charge in [0.15, 0.2) is 5.11 Å².